The lowest BCUT2D eigenvalue weighted by atomic mass is 10.2. The Bertz CT molecular complexity index is 587. The molecule has 0 aliphatic carbocycles. The van der Waals surface area contributed by atoms with Crippen LogP contribution in [0, 0.1) is 0 Å². The van der Waals surface area contributed by atoms with Gasteiger partial charge in [0.05, 0.1) is 15.3 Å². The first-order valence-corrected chi connectivity index (χ1v) is 7.34. The largest absolute Gasteiger partial charge is 0.478 e. The lowest BCUT2D eigenvalue weighted by Gasteiger charge is -2.12. The summed E-state index contributed by atoms with van der Waals surface area (Å²) in [7, 11) is 0. The molecule has 0 fully saturated rings. The standard InChI is InChI=1S/C13H15ClN2O2S/c1-3-8(4-2)16-7-9(13(17)18)12(15-16)10-5-6-11(14)19-10/h5-8H,3-4H2,1-2H3,(H,17,18). The van der Waals surface area contributed by atoms with Gasteiger partial charge in [-0.05, 0) is 25.0 Å². The van der Waals surface area contributed by atoms with Crippen molar-refractivity contribution in [2.45, 2.75) is 32.7 Å². The van der Waals surface area contributed by atoms with E-state index in [1.807, 2.05) is 0 Å². The van der Waals surface area contributed by atoms with Crippen LogP contribution in [0.5, 0.6) is 0 Å². The number of aromatic nitrogens is 2. The molecule has 0 saturated heterocycles. The minimum Gasteiger partial charge on any atom is -0.478 e. The van der Waals surface area contributed by atoms with Crippen molar-refractivity contribution < 1.29 is 9.90 Å². The third-order valence-corrected chi connectivity index (χ3v) is 4.32. The van der Waals surface area contributed by atoms with Gasteiger partial charge in [-0.1, -0.05) is 25.4 Å². The fourth-order valence-electron chi connectivity index (χ4n) is 2.02. The molecule has 2 aromatic rings. The number of aromatic carboxylic acids is 1. The van der Waals surface area contributed by atoms with Crippen molar-refractivity contribution in [3.8, 4) is 10.6 Å². The summed E-state index contributed by atoms with van der Waals surface area (Å²) in [5.74, 6) is -0.961. The molecule has 19 heavy (non-hydrogen) atoms. The predicted octanol–water partition coefficient (Wildman–Crippen LogP) is 4.32. The molecule has 2 aromatic heterocycles. The van der Waals surface area contributed by atoms with Gasteiger partial charge in [0, 0.05) is 6.20 Å². The van der Waals surface area contributed by atoms with Crippen molar-refractivity contribution in [2.24, 2.45) is 0 Å². The van der Waals surface area contributed by atoms with E-state index in [0.717, 1.165) is 17.7 Å². The molecule has 102 valence electrons. The van der Waals surface area contributed by atoms with Crippen molar-refractivity contribution >= 4 is 28.9 Å². The summed E-state index contributed by atoms with van der Waals surface area (Å²) in [5.41, 5.74) is 0.724. The molecule has 1 N–H and O–H groups in total. The number of carbonyl (C=O) groups is 1. The fraction of sp³-hybridized carbons (Fsp3) is 0.385. The van der Waals surface area contributed by atoms with Crippen LogP contribution in [0.15, 0.2) is 18.3 Å². The van der Waals surface area contributed by atoms with Gasteiger partial charge in [-0.2, -0.15) is 5.10 Å². The number of halogens is 1. The number of carboxylic acid groups (broad SMARTS) is 1. The van der Waals surface area contributed by atoms with E-state index >= 15 is 0 Å². The lowest BCUT2D eigenvalue weighted by Crippen LogP contribution is -2.07. The molecular formula is C13H15ClN2O2S. The number of nitrogens with zero attached hydrogens (tertiary/aromatic N) is 2. The van der Waals surface area contributed by atoms with Crippen LogP contribution in [0.2, 0.25) is 4.34 Å². The summed E-state index contributed by atoms with van der Waals surface area (Å²) < 4.78 is 2.38. The Kier molecular flexibility index (Phi) is 4.27. The van der Waals surface area contributed by atoms with Crippen molar-refractivity contribution in [1.29, 1.82) is 0 Å². The zero-order valence-electron chi connectivity index (χ0n) is 10.8. The quantitative estimate of drug-likeness (QED) is 0.894. The molecule has 0 aliphatic heterocycles. The summed E-state index contributed by atoms with van der Waals surface area (Å²) in [5, 5.41) is 13.7. The second-order valence-corrected chi connectivity index (χ2v) is 5.97. The number of hydrogen-bond acceptors (Lipinski definition) is 3. The predicted molar refractivity (Wildman–Crippen MR) is 77.1 cm³/mol. The SMILES string of the molecule is CCC(CC)n1cc(C(=O)O)c(-c2ccc(Cl)s2)n1. The van der Waals surface area contributed by atoms with Crippen molar-refractivity contribution in [2.75, 3.05) is 0 Å². The van der Waals surface area contributed by atoms with Gasteiger partial charge in [-0.15, -0.1) is 11.3 Å². The van der Waals surface area contributed by atoms with Crippen LogP contribution in [0.25, 0.3) is 10.6 Å². The highest BCUT2D eigenvalue weighted by Crippen LogP contribution is 2.33. The van der Waals surface area contributed by atoms with Crippen LogP contribution in [-0.2, 0) is 0 Å². The number of hydrogen-bond donors (Lipinski definition) is 1. The smallest absolute Gasteiger partial charge is 0.339 e. The van der Waals surface area contributed by atoms with E-state index in [2.05, 4.69) is 18.9 Å². The molecule has 0 unspecified atom stereocenters. The first kappa shape index (κ1) is 14.1. The van der Waals surface area contributed by atoms with Gasteiger partial charge in [0.25, 0.3) is 0 Å². The maximum absolute atomic E-state index is 11.3. The Morgan fingerprint density at radius 2 is 2.16 bits per heavy atom. The van der Waals surface area contributed by atoms with Gasteiger partial charge in [0.15, 0.2) is 0 Å². The molecule has 0 amide bonds. The number of carboxylic acids is 1. The zero-order chi connectivity index (χ0) is 14.0. The van der Waals surface area contributed by atoms with E-state index in [4.69, 9.17) is 11.6 Å². The van der Waals surface area contributed by atoms with E-state index in [-0.39, 0.29) is 11.6 Å². The third kappa shape index (κ3) is 2.82. The molecule has 6 heteroatoms. The van der Waals surface area contributed by atoms with Gasteiger partial charge >= 0.3 is 5.97 Å². The normalized spacial score (nSPS) is 11.2. The molecule has 4 nitrogen and oxygen atoms in total. The highest BCUT2D eigenvalue weighted by Gasteiger charge is 2.20. The monoisotopic (exact) mass is 298 g/mol. The van der Waals surface area contributed by atoms with Crippen LogP contribution < -0.4 is 0 Å². The first-order chi connectivity index (χ1) is 9.06. The maximum Gasteiger partial charge on any atom is 0.339 e. The molecule has 0 saturated carbocycles. The number of thiophene rings is 1. The second-order valence-electron chi connectivity index (χ2n) is 4.25. The molecule has 0 radical (unpaired) electrons. The van der Waals surface area contributed by atoms with E-state index in [1.54, 1.807) is 23.0 Å². The summed E-state index contributed by atoms with van der Waals surface area (Å²) in [4.78, 5) is 12.1. The molecule has 2 heterocycles. The number of rotatable bonds is 5. The third-order valence-electron chi connectivity index (χ3n) is 3.09. The second kappa shape index (κ2) is 5.75. The van der Waals surface area contributed by atoms with Crippen molar-refractivity contribution in [3.63, 3.8) is 0 Å². The van der Waals surface area contributed by atoms with E-state index in [0.29, 0.717) is 10.0 Å². The molecule has 0 aromatic carbocycles. The Morgan fingerprint density at radius 3 is 2.63 bits per heavy atom. The minimum absolute atomic E-state index is 0.224. The van der Waals surface area contributed by atoms with E-state index in [9.17, 15) is 9.90 Å². The van der Waals surface area contributed by atoms with E-state index < -0.39 is 5.97 Å². The minimum atomic E-state index is -0.961. The Labute approximate surface area is 120 Å². The summed E-state index contributed by atoms with van der Waals surface area (Å²) in [6.45, 7) is 4.13. The van der Waals surface area contributed by atoms with Gasteiger partial charge in [-0.3, -0.25) is 4.68 Å². The molecular weight excluding hydrogens is 284 g/mol. The van der Waals surface area contributed by atoms with Crippen LogP contribution in [0.4, 0.5) is 0 Å². The molecule has 0 spiro atoms. The fourth-order valence-corrected chi connectivity index (χ4v) is 3.06. The van der Waals surface area contributed by atoms with Crippen LogP contribution in [0.3, 0.4) is 0 Å². The molecule has 0 atom stereocenters. The lowest BCUT2D eigenvalue weighted by molar-refractivity contribution is 0.0697. The zero-order valence-corrected chi connectivity index (χ0v) is 12.3. The maximum atomic E-state index is 11.3. The van der Waals surface area contributed by atoms with Crippen molar-refractivity contribution in [1.82, 2.24) is 9.78 Å². The summed E-state index contributed by atoms with van der Waals surface area (Å²) in [6, 6.07) is 3.78. The van der Waals surface area contributed by atoms with Gasteiger partial charge in [0.1, 0.15) is 11.3 Å². The summed E-state index contributed by atoms with van der Waals surface area (Å²) >= 11 is 7.24. The molecule has 0 bridgehead atoms. The first-order valence-electron chi connectivity index (χ1n) is 6.15. The topological polar surface area (TPSA) is 55.1 Å². The van der Waals surface area contributed by atoms with Gasteiger partial charge < -0.3 is 5.11 Å². The van der Waals surface area contributed by atoms with Crippen LogP contribution in [0.1, 0.15) is 43.1 Å². The molecule has 2 rings (SSSR count). The Hall–Kier alpha value is -1.33. The highest BCUT2D eigenvalue weighted by molar-refractivity contribution is 7.19. The van der Waals surface area contributed by atoms with E-state index in [1.165, 1.54) is 11.3 Å². The Morgan fingerprint density at radius 1 is 1.47 bits per heavy atom. The van der Waals surface area contributed by atoms with Gasteiger partial charge in [-0.25, -0.2) is 4.79 Å². The van der Waals surface area contributed by atoms with Gasteiger partial charge in [0.2, 0.25) is 0 Å². The average molecular weight is 299 g/mol. The highest BCUT2D eigenvalue weighted by atomic mass is 35.5. The summed E-state index contributed by atoms with van der Waals surface area (Å²) in [6.07, 6.45) is 3.45. The van der Waals surface area contributed by atoms with Crippen LogP contribution in [-0.4, -0.2) is 20.9 Å². The molecule has 0 aliphatic rings. The average Bonchev–Trinajstić information content (AvgIpc) is 2.97. The van der Waals surface area contributed by atoms with Crippen molar-refractivity contribution in [3.05, 3.63) is 28.2 Å². The Balaban J connectivity index is 2.50. The van der Waals surface area contributed by atoms with Crippen LogP contribution >= 0.6 is 22.9 Å².